The third kappa shape index (κ3) is 3.99. The zero-order chi connectivity index (χ0) is 13.8. The van der Waals surface area contributed by atoms with Crippen LogP contribution in [-0.2, 0) is 4.79 Å². The summed E-state index contributed by atoms with van der Waals surface area (Å²) in [5.41, 5.74) is 5.78. The van der Waals surface area contributed by atoms with E-state index in [0.29, 0.717) is 17.9 Å². The molecular formula is C13H19BrN2O2. The molecule has 0 saturated heterocycles. The lowest BCUT2D eigenvalue weighted by molar-refractivity contribution is -0.120. The molecule has 1 atom stereocenters. The van der Waals surface area contributed by atoms with Crippen molar-refractivity contribution in [1.82, 2.24) is 0 Å². The van der Waals surface area contributed by atoms with Crippen LogP contribution in [0.1, 0.15) is 26.7 Å². The van der Waals surface area contributed by atoms with Gasteiger partial charge in [-0.15, -0.1) is 0 Å². The molecule has 0 aliphatic rings. The van der Waals surface area contributed by atoms with E-state index in [1.165, 1.54) is 0 Å². The second kappa shape index (κ2) is 6.20. The van der Waals surface area contributed by atoms with E-state index >= 15 is 0 Å². The summed E-state index contributed by atoms with van der Waals surface area (Å²) in [5.74, 6) is 0.485. The third-order valence-electron chi connectivity index (χ3n) is 2.65. The smallest absolute Gasteiger partial charge is 0.244 e. The van der Waals surface area contributed by atoms with Crippen LogP contribution >= 0.6 is 15.9 Å². The van der Waals surface area contributed by atoms with Crippen molar-refractivity contribution in [1.29, 1.82) is 0 Å². The van der Waals surface area contributed by atoms with Crippen LogP contribution in [0, 0.1) is 0 Å². The summed E-state index contributed by atoms with van der Waals surface area (Å²) in [7, 11) is 1.58. The predicted molar refractivity (Wildman–Crippen MR) is 76.8 cm³/mol. The number of amides is 1. The Morgan fingerprint density at radius 2 is 2.17 bits per heavy atom. The molecule has 0 bridgehead atoms. The molecule has 0 radical (unpaired) electrons. The van der Waals surface area contributed by atoms with Crippen molar-refractivity contribution in [3.8, 4) is 5.75 Å². The number of nitrogens with two attached hydrogens (primary N) is 1. The summed E-state index contributed by atoms with van der Waals surface area (Å²) in [6.07, 6.45) is 1.51. The van der Waals surface area contributed by atoms with Crippen molar-refractivity contribution in [2.24, 2.45) is 5.73 Å². The highest BCUT2D eigenvalue weighted by molar-refractivity contribution is 9.10. The molecule has 0 aliphatic heterocycles. The first-order valence-electron chi connectivity index (χ1n) is 5.84. The van der Waals surface area contributed by atoms with Gasteiger partial charge >= 0.3 is 0 Å². The standard InChI is InChI=1S/C13H19BrN2O2/c1-4-5-13(2,15)12(17)16-10-6-9(14)7-11(8-10)18-3/h6-8H,4-5,15H2,1-3H3,(H,16,17). The Balaban J connectivity index is 2.84. The Morgan fingerprint density at radius 1 is 1.50 bits per heavy atom. The zero-order valence-corrected chi connectivity index (χ0v) is 12.5. The van der Waals surface area contributed by atoms with E-state index in [9.17, 15) is 4.79 Å². The average molecular weight is 315 g/mol. The van der Waals surface area contributed by atoms with Gasteiger partial charge in [-0.1, -0.05) is 29.3 Å². The van der Waals surface area contributed by atoms with Crippen molar-refractivity contribution in [2.45, 2.75) is 32.2 Å². The molecule has 1 aromatic carbocycles. The molecule has 4 nitrogen and oxygen atoms in total. The number of rotatable bonds is 5. The summed E-state index contributed by atoms with van der Waals surface area (Å²) in [5, 5.41) is 2.81. The van der Waals surface area contributed by atoms with Crippen LogP contribution in [0.4, 0.5) is 5.69 Å². The largest absolute Gasteiger partial charge is 0.497 e. The van der Waals surface area contributed by atoms with Crippen LogP contribution in [0.5, 0.6) is 5.75 Å². The van der Waals surface area contributed by atoms with Crippen molar-refractivity contribution in [3.05, 3.63) is 22.7 Å². The summed E-state index contributed by atoms with van der Waals surface area (Å²) in [6.45, 7) is 3.74. The molecule has 1 unspecified atom stereocenters. The second-order valence-corrected chi connectivity index (χ2v) is 5.42. The first-order valence-corrected chi connectivity index (χ1v) is 6.63. The van der Waals surface area contributed by atoms with Gasteiger partial charge in [0.1, 0.15) is 5.75 Å². The number of nitrogens with one attached hydrogen (secondary N) is 1. The van der Waals surface area contributed by atoms with Gasteiger partial charge in [-0.25, -0.2) is 0 Å². The van der Waals surface area contributed by atoms with E-state index in [2.05, 4.69) is 21.2 Å². The fourth-order valence-corrected chi connectivity index (χ4v) is 2.13. The Kier molecular flexibility index (Phi) is 5.16. The molecule has 5 heteroatoms. The molecule has 1 amide bonds. The second-order valence-electron chi connectivity index (χ2n) is 4.50. The number of anilines is 1. The number of halogens is 1. The van der Waals surface area contributed by atoms with Crippen LogP contribution in [0.2, 0.25) is 0 Å². The summed E-state index contributed by atoms with van der Waals surface area (Å²) >= 11 is 3.36. The highest BCUT2D eigenvalue weighted by atomic mass is 79.9. The van der Waals surface area contributed by atoms with E-state index in [-0.39, 0.29) is 5.91 Å². The quantitative estimate of drug-likeness (QED) is 0.878. The molecule has 100 valence electrons. The maximum atomic E-state index is 12.0. The average Bonchev–Trinajstić information content (AvgIpc) is 2.27. The minimum absolute atomic E-state index is 0.190. The first-order chi connectivity index (χ1) is 8.39. The third-order valence-corrected chi connectivity index (χ3v) is 3.11. The van der Waals surface area contributed by atoms with Gasteiger partial charge in [0.05, 0.1) is 12.6 Å². The van der Waals surface area contributed by atoms with Gasteiger partial charge in [0.15, 0.2) is 0 Å². The molecule has 0 spiro atoms. The molecule has 0 fully saturated rings. The molecule has 18 heavy (non-hydrogen) atoms. The van der Waals surface area contributed by atoms with Gasteiger partial charge in [-0.05, 0) is 25.5 Å². The van der Waals surface area contributed by atoms with Crippen LogP contribution in [0.25, 0.3) is 0 Å². The Hall–Kier alpha value is -1.07. The predicted octanol–water partition coefficient (Wildman–Crippen LogP) is 2.91. The van der Waals surface area contributed by atoms with Gasteiger partial charge in [-0.3, -0.25) is 4.79 Å². The maximum Gasteiger partial charge on any atom is 0.244 e. The molecule has 0 aliphatic carbocycles. The van der Waals surface area contributed by atoms with Crippen molar-refractivity contribution < 1.29 is 9.53 Å². The van der Waals surface area contributed by atoms with Crippen molar-refractivity contribution in [2.75, 3.05) is 12.4 Å². The Labute approximate surface area is 116 Å². The number of ether oxygens (including phenoxy) is 1. The van der Waals surface area contributed by atoms with E-state index in [0.717, 1.165) is 10.9 Å². The SMILES string of the molecule is CCCC(C)(N)C(=O)Nc1cc(Br)cc(OC)c1. The topological polar surface area (TPSA) is 64.4 Å². The molecule has 3 N–H and O–H groups in total. The van der Waals surface area contributed by atoms with E-state index in [1.807, 2.05) is 19.1 Å². The van der Waals surface area contributed by atoms with Crippen molar-refractivity contribution in [3.63, 3.8) is 0 Å². The highest BCUT2D eigenvalue weighted by Gasteiger charge is 2.27. The normalized spacial score (nSPS) is 13.8. The van der Waals surface area contributed by atoms with Gasteiger partial charge in [0, 0.05) is 16.2 Å². The highest BCUT2D eigenvalue weighted by Crippen LogP contribution is 2.25. The lowest BCUT2D eigenvalue weighted by Gasteiger charge is -2.23. The first kappa shape index (κ1) is 15.0. The Bertz CT molecular complexity index is 433. The molecular weight excluding hydrogens is 296 g/mol. The number of hydrogen-bond acceptors (Lipinski definition) is 3. The van der Waals surface area contributed by atoms with E-state index < -0.39 is 5.54 Å². The van der Waals surface area contributed by atoms with Crippen LogP contribution in [0.15, 0.2) is 22.7 Å². The summed E-state index contributed by atoms with van der Waals surface area (Å²) in [6, 6.07) is 5.39. The molecule has 0 heterocycles. The summed E-state index contributed by atoms with van der Waals surface area (Å²) < 4.78 is 5.98. The van der Waals surface area contributed by atoms with E-state index in [4.69, 9.17) is 10.5 Å². The molecule has 1 aromatic rings. The summed E-state index contributed by atoms with van der Waals surface area (Å²) in [4.78, 5) is 12.0. The fraction of sp³-hybridized carbons (Fsp3) is 0.462. The molecule has 0 saturated carbocycles. The van der Waals surface area contributed by atoms with Gasteiger partial charge in [-0.2, -0.15) is 0 Å². The van der Waals surface area contributed by atoms with Crippen molar-refractivity contribution >= 4 is 27.5 Å². The minimum Gasteiger partial charge on any atom is -0.497 e. The number of methoxy groups -OCH3 is 1. The van der Waals surface area contributed by atoms with Gasteiger partial charge < -0.3 is 15.8 Å². The van der Waals surface area contributed by atoms with Crippen LogP contribution in [0.3, 0.4) is 0 Å². The lowest BCUT2D eigenvalue weighted by Crippen LogP contribution is -2.48. The number of hydrogen-bond donors (Lipinski definition) is 2. The fourth-order valence-electron chi connectivity index (χ4n) is 1.66. The lowest BCUT2D eigenvalue weighted by atomic mass is 9.96. The minimum atomic E-state index is -0.857. The number of carbonyl (C=O) groups excluding carboxylic acids is 1. The van der Waals surface area contributed by atoms with Crippen LogP contribution < -0.4 is 15.8 Å². The Morgan fingerprint density at radius 3 is 2.72 bits per heavy atom. The zero-order valence-electron chi connectivity index (χ0n) is 10.9. The number of carbonyl (C=O) groups is 1. The van der Waals surface area contributed by atoms with Gasteiger partial charge in [0.25, 0.3) is 0 Å². The molecule has 0 aromatic heterocycles. The monoisotopic (exact) mass is 314 g/mol. The van der Waals surface area contributed by atoms with Crippen LogP contribution in [-0.4, -0.2) is 18.6 Å². The maximum absolute atomic E-state index is 12.0. The van der Waals surface area contributed by atoms with E-state index in [1.54, 1.807) is 20.1 Å². The van der Waals surface area contributed by atoms with Gasteiger partial charge in [0.2, 0.25) is 5.91 Å². The molecule has 1 rings (SSSR count). The number of benzene rings is 1.